The Morgan fingerprint density at radius 2 is 2.40 bits per heavy atom. The summed E-state index contributed by atoms with van der Waals surface area (Å²) in [5.74, 6) is 5.85. The molecule has 1 atom stereocenters. The molecule has 1 aliphatic carbocycles. The van der Waals surface area contributed by atoms with Crippen molar-refractivity contribution in [2.45, 2.75) is 32.3 Å². The number of nitrogens with one attached hydrogen (secondary N) is 1. The van der Waals surface area contributed by atoms with Crippen molar-refractivity contribution in [2.75, 3.05) is 6.73 Å². The lowest BCUT2D eigenvalue weighted by Gasteiger charge is -2.31. The number of nitrogens with two attached hydrogens (primary N) is 1. The van der Waals surface area contributed by atoms with E-state index in [9.17, 15) is 0 Å². The number of hydrazine groups is 1. The highest BCUT2D eigenvalue weighted by atomic mass is 16.5. The molecule has 3 N–H and O–H groups in total. The second kappa shape index (κ2) is 3.91. The van der Waals surface area contributed by atoms with Gasteiger partial charge >= 0.3 is 0 Å². The van der Waals surface area contributed by atoms with E-state index in [2.05, 4.69) is 12.3 Å². The van der Waals surface area contributed by atoms with Crippen LogP contribution in [0.5, 0.6) is 0 Å². The van der Waals surface area contributed by atoms with Crippen LogP contribution in [0, 0.1) is 5.92 Å². The van der Waals surface area contributed by atoms with E-state index >= 15 is 0 Å². The highest BCUT2D eigenvalue weighted by Gasteiger charge is 2.23. The third-order valence-corrected chi connectivity index (χ3v) is 2.24. The van der Waals surface area contributed by atoms with E-state index in [4.69, 9.17) is 10.6 Å². The van der Waals surface area contributed by atoms with Crippen molar-refractivity contribution in [3.63, 3.8) is 0 Å². The molecule has 3 heteroatoms. The normalized spacial score (nSPS) is 22.2. The Morgan fingerprint density at radius 3 is 2.80 bits per heavy atom. The Labute approximate surface area is 61.9 Å². The van der Waals surface area contributed by atoms with E-state index in [1.807, 2.05) is 0 Å². The highest BCUT2D eigenvalue weighted by molar-refractivity contribution is 4.74. The van der Waals surface area contributed by atoms with Gasteiger partial charge in [-0.15, -0.1) is 0 Å². The lowest BCUT2D eigenvalue weighted by atomic mass is 9.82. The predicted molar refractivity (Wildman–Crippen MR) is 40.1 cm³/mol. The fraction of sp³-hybridized carbons (Fsp3) is 1.00. The summed E-state index contributed by atoms with van der Waals surface area (Å²) in [7, 11) is 0. The monoisotopic (exact) mass is 144 g/mol. The summed E-state index contributed by atoms with van der Waals surface area (Å²) in [6, 6.07) is 0. The number of ether oxygens (including phenoxy) is 1. The van der Waals surface area contributed by atoms with Gasteiger partial charge in [-0.3, -0.25) is 5.84 Å². The maximum Gasteiger partial charge on any atom is 0.109 e. The molecule has 1 fully saturated rings. The van der Waals surface area contributed by atoms with Crippen molar-refractivity contribution in [3.8, 4) is 0 Å². The molecular weight excluding hydrogens is 128 g/mol. The number of rotatable bonds is 4. The van der Waals surface area contributed by atoms with Crippen molar-refractivity contribution >= 4 is 0 Å². The first kappa shape index (κ1) is 7.98. The van der Waals surface area contributed by atoms with Crippen LogP contribution >= 0.6 is 0 Å². The molecule has 0 amide bonds. The Morgan fingerprint density at radius 1 is 1.70 bits per heavy atom. The van der Waals surface area contributed by atoms with Crippen LogP contribution < -0.4 is 11.3 Å². The van der Waals surface area contributed by atoms with Crippen molar-refractivity contribution < 1.29 is 4.74 Å². The molecule has 0 aromatic carbocycles. The summed E-state index contributed by atoms with van der Waals surface area (Å²) in [4.78, 5) is 0. The molecule has 0 radical (unpaired) electrons. The van der Waals surface area contributed by atoms with E-state index in [0.717, 1.165) is 5.92 Å². The number of hydrogen-bond acceptors (Lipinski definition) is 3. The number of hydrogen-bond donors (Lipinski definition) is 2. The Kier molecular flexibility index (Phi) is 3.12. The van der Waals surface area contributed by atoms with Crippen LogP contribution in [-0.2, 0) is 4.74 Å². The van der Waals surface area contributed by atoms with Gasteiger partial charge in [0.2, 0.25) is 0 Å². The van der Waals surface area contributed by atoms with Gasteiger partial charge in [-0.1, -0.05) is 6.42 Å². The molecule has 0 unspecified atom stereocenters. The topological polar surface area (TPSA) is 47.3 Å². The maximum absolute atomic E-state index is 5.36. The first-order valence-electron chi connectivity index (χ1n) is 3.89. The summed E-state index contributed by atoms with van der Waals surface area (Å²) >= 11 is 0. The van der Waals surface area contributed by atoms with Gasteiger partial charge in [0, 0.05) is 0 Å². The van der Waals surface area contributed by atoms with Gasteiger partial charge < -0.3 is 4.74 Å². The van der Waals surface area contributed by atoms with E-state index in [1.165, 1.54) is 19.3 Å². The van der Waals surface area contributed by atoms with E-state index in [-0.39, 0.29) is 0 Å². The zero-order valence-corrected chi connectivity index (χ0v) is 6.47. The van der Waals surface area contributed by atoms with Crippen molar-refractivity contribution in [2.24, 2.45) is 11.8 Å². The van der Waals surface area contributed by atoms with Gasteiger partial charge in [0.05, 0.1) is 6.10 Å². The van der Waals surface area contributed by atoms with Gasteiger partial charge in [0.15, 0.2) is 0 Å². The zero-order valence-electron chi connectivity index (χ0n) is 6.47. The standard InChI is InChI=1S/C7H16N2O/c1-6(10-5-9-8)7-3-2-4-7/h6-7,9H,2-5,8H2,1H3/t6-/m1/s1. The van der Waals surface area contributed by atoms with Crippen molar-refractivity contribution in [1.29, 1.82) is 0 Å². The molecule has 0 saturated heterocycles. The molecule has 3 nitrogen and oxygen atoms in total. The molecule has 1 rings (SSSR count). The summed E-state index contributed by atoms with van der Waals surface area (Å²) in [5.41, 5.74) is 2.48. The molecule has 0 aromatic rings. The predicted octanol–water partition coefficient (Wildman–Crippen LogP) is 0.612. The van der Waals surface area contributed by atoms with Crippen LogP contribution in [0.4, 0.5) is 0 Å². The molecule has 1 saturated carbocycles. The third-order valence-electron chi connectivity index (χ3n) is 2.24. The largest absolute Gasteiger partial charge is 0.362 e. The minimum atomic E-state index is 0.379. The van der Waals surface area contributed by atoms with Crippen LogP contribution in [0.3, 0.4) is 0 Å². The lowest BCUT2D eigenvalue weighted by Crippen LogP contribution is -2.33. The summed E-state index contributed by atoms with van der Waals surface area (Å²) in [6.07, 6.45) is 4.40. The van der Waals surface area contributed by atoms with Gasteiger partial charge in [-0.2, -0.15) is 0 Å². The second-order valence-corrected chi connectivity index (χ2v) is 2.91. The summed E-state index contributed by atoms with van der Waals surface area (Å²) in [5, 5.41) is 0. The first-order valence-corrected chi connectivity index (χ1v) is 3.89. The molecule has 0 heterocycles. The molecule has 0 bridgehead atoms. The molecule has 0 aliphatic heterocycles. The fourth-order valence-electron chi connectivity index (χ4n) is 1.22. The first-order chi connectivity index (χ1) is 4.84. The smallest absolute Gasteiger partial charge is 0.109 e. The molecule has 0 spiro atoms. The fourth-order valence-corrected chi connectivity index (χ4v) is 1.22. The minimum absolute atomic E-state index is 0.379. The van der Waals surface area contributed by atoms with Gasteiger partial charge in [0.25, 0.3) is 0 Å². The Hall–Kier alpha value is -0.120. The minimum Gasteiger partial charge on any atom is -0.362 e. The summed E-state index contributed by atoms with van der Waals surface area (Å²) in [6.45, 7) is 2.58. The van der Waals surface area contributed by atoms with Crippen molar-refractivity contribution in [3.05, 3.63) is 0 Å². The summed E-state index contributed by atoms with van der Waals surface area (Å²) < 4.78 is 5.36. The average molecular weight is 144 g/mol. The average Bonchev–Trinajstić information content (AvgIpc) is 1.79. The van der Waals surface area contributed by atoms with Gasteiger partial charge in [-0.05, 0) is 25.7 Å². The lowest BCUT2D eigenvalue weighted by molar-refractivity contribution is -0.0101. The Bertz CT molecular complexity index is 93.6. The third kappa shape index (κ3) is 1.94. The maximum atomic E-state index is 5.36. The van der Waals surface area contributed by atoms with E-state index in [1.54, 1.807) is 0 Å². The highest BCUT2D eigenvalue weighted by Crippen LogP contribution is 2.30. The van der Waals surface area contributed by atoms with Crippen LogP contribution in [0.1, 0.15) is 26.2 Å². The SMILES string of the molecule is C[C@@H](OCNN)C1CCC1. The van der Waals surface area contributed by atoms with E-state index in [0.29, 0.717) is 12.8 Å². The van der Waals surface area contributed by atoms with Crippen LogP contribution in [-0.4, -0.2) is 12.8 Å². The van der Waals surface area contributed by atoms with E-state index < -0.39 is 0 Å². The Balaban J connectivity index is 2.02. The van der Waals surface area contributed by atoms with Gasteiger partial charge in [0.1, 0.15) is 6.73 Å². The van der Waals surface area contributed by atoms with Crippen LogP contribution in [0.2, 0.25) is 0 Å². The molecule has 0 aromatic heterocycles. The quantitative estimate of drug-likeness (QED) is 0.345. The molecule has 10 heavy (non-hydrogen) atoms. The second-order valence-electron chi connectivity index (χ2n) is 2.91. The zero-order chi connectivity index (χ0) is 7.40. The molecule has 1 aliphatic rings. The van der Waals surface area contributed by atoms with Crippen molar-refractivity contribution in [1.82, 2.24) is 5.43 Å². The molecular formula is C7H16N2O. The van der Waals surface area contributed by atoms with Crippen LogP contribution in [0.25, 0.3) is 0 Å². The van der Waals surface area contributed by atoms with Crippen LogP contribution in [0.15, 0.2) is 0 Å². The molecule has 60 valence electrons. The van der Waals surface area contributed by atoms with Gasteiger partial charge in [-0.25, -0.2) is 5.43 Å².